The molecule has 138 valence electrons. The second-order valence-electron chi connectivity index (χ2n) is 5.64. The third-order valence-corrected chi connectivity index (χ3v) is 4.68. The van der Waals surface area contributed by atoms with E-state index in [9.17, 15) is 9.18 Å². The van der Waals surface area contributed by atoms with Gasteiger partial charge in [0.25, 0.3) is 0 Å². The van der Waals surface area contributed by atoms with Crippen LogP contribution in [-0.2, 0) is 11.4 Å². The highest BCUT2D eigenvalue weighted by Gasteiger charge is 2.07. The summed E-state index contributed by atoms with van der Waals surface area (Å²) in [6.45, 7) is 2.36. The minimum Gasteiger partial charge on any atom is -0.487 e. The maximum absolute atomic E-state index is 13.8. The average molecular weight is 403 g/mol. The lowest BCUT2D eigenvalue weighted by Crippen LogP contribution is -2.09. The molecule has 0 fully saturated rings. The number of aromatic nitrogens is 1. The van der Waals surface area contributed by atoms with Crippen molar-refractivity contribution in [1.29, 1.82) is 0 Å². The van der Waals surface area contributed by atoms with Gasteiger partial charge in [0, 0.05) is 11.5 Å². The number of aryl methyl sites for hydroxylation is 1. The average Bonchev–Trinajstić information content (AvgIpc) is 3.08. The largest absolute Gasteiger partial charge is 0.487 e. The fraction of sp³-hybridized carbons (Fsp3) is 0.100. The van der Waals surface area contributed by atoms with Crippen LogP contribution in [-0.4, -0.2) is 10.9 Å². The number of hydrogen-bond donors (Lipinski definition) is 1. The first-order valence-electron chi connectivity index (χ1n) is 8.08. The second-order valence-corrected chi connectivity index (χ2v) is 7.11. The molecule has 1 heterocycles. The van der Waals surface area contributed by atoms with Gasteiger partial charge in [-0.15, -0.1) is 11.3 Å². The summed E-state index contributed by atoms with van der Waals surface area (Å²) in [5.74, 6) is -0.392. The molecule has 27 heavy (non-hydrogen) atoms. The molecule has 0 spiro atoms. The van der Waals surface area contributed by atoms with Crippen LogP contribution in [0.1, 0.15) is 16.3 Å². The number of anilines is 1. The summed E-state index contributed by atoms with van der Waals surface area (Å²) in [5, 5.41) is 5.39. The highest BCUT2D eigenvalue weighted by Crippen LogP contribution is 2.22. The Bertz CT molecular complexity index is 970. The minimum absolute atomic E-state index is 0.0400. The summed E-state index contributed by atoms with van der Waals surface area (Å²) in [6, 6.07) is 11.7. The van der Waals surface area contributed by atoms with Crippen molar-refractivity contribution in [3.63, 3.8) is 0 Å². The van der Waals surface area contributed by atoms with E-state index in [2.05, 4.69) is 10.3 Å². The van der Waals surface area contributed by atoms with E-state index in [-0.39, 0.29) is 10.7 Å². The molecule has 0 aliphatic rings. The molecule has 0 saturated carbocycles. The molecule has 0 bridgehead atoms. The van der Waals surface area contributed by atoms with Crippen molar-refractivity contribution in [3.05, 3.63) is 81.0 Å². The van der Waals surface area contributed by atoms with E-state index in [0.717, 1.165) is 16.3 Å². The van der Waals surface area contributed by atoms with Crippen LogP contribution >= 0.6 is 22.9 Å². The normalized spacial score (nSPS) is 10.9. The van der Waals surface area contributed by atoms with E-state index in [0.29, 0.717) is 12.4 Å². The highest BCUT2D eigenvalue weighted by molar-refractivity contribution is 7.09. The van der Waals surface area contributed by atoms with E-state index in [1.54, 1.807) is 23.5 Å². The standard InChI is InChI=1S/C20H16ClFN2O2S/c1-13-23-15(12-27-13)11-26-16-8-5-14(6-9-16)7-10-19(25)24-18-4-2-3-17(21)20(18)22/h2-10,12H,11H2,1H3,(H,24,25)/b10-7+. The second kappa shape index (κ2) is 8.79. The first-order chi connectivity index (χ1) is 13.0. The lowest BCUT2D eigenvalue weighted by Gasteiger charge is -2.05. The van der Waals surface area contributed by atoms with Crippen molar-refractivity contribution >= 4 is 40.6 Å². The van der Waals surface area contributed by atoms with Gasteiger partial charge in [0.2, 0.25) is 5.91 Å². The number of hydrogen-bond acceptors (Lipinski definition) is 4. The maximum atomic E-state index is 13.8. The molecule has 2 aromatic carbocycles. The minimum atomic E-state index is -0.655. The zero-order valence-corrected chi connectivity index (χ0v) is 16.0. The first-order valence-corrected chi connectivity index (χ1v) is 9.34. The van der Waals surface area contributed by atoms with E-state index in [1.165, 1.54) is 18.2 Å². The van der Waals surface area contributed by atoms with Crippen LogP contribution < -0.4 is 10.1 Å². The number of benzene rings is 2. The van der Waals surface area contributed by atoms with Crippen molar-refractivity contribution in [1.82, 2.24) is 4.98 Å². The van der Waals surface area contributed by atoms with E-state index in [1.807, 2.05) is 36.6 Å². The molecule has 0 unspecified atom stereocenters. The fourth-order valence-corrected chi connectivity index (χ4v) is 3.03. The molecule has 1 N–H and O–H groups in total. The molecule has 0 aliphatic carbocycles. The fourth-order valence-electron chi connectivity index (χ4n) is 2.25. The summed E-state index contributed by atoms with van der Waals surface area (Å²) in [5.41, 5.74) is 1.75. The Kier molecular flexibility index (Phi) is 6.21. The van der Waals surface area contributed by atoms with Crippen molar-refractivity contribution in [2.24, 2.45) is 0 Å². The summed E-state index contributed by atoms with van der Waals surface area (Å²) in [4.78, 5) is 16.3. The molecule has 1 aromatic heterocycles. The van der Waals surface area contributed by atoms with Crippen molar-refractivity contribution in [2.45, 2.75) is 13.5 Å². The third-order valence-electron chi connectivity index (χ3n) is 3.57. The van der Waals surface area contributed by atoms with Crippen LogP contribution in [0.4, 0.5) is 10.1 Å². The van der Waals surface area contributed by atoms with Gasteiger partial charge in [-0.05, 0) is 42.8 Å². The maximum Gasteiger partial charge on any atom is 0.248 e. The van der Waals surface area contributed by atoms with Gasteiger partial charge in [-0.1, -0.05) is 29.8 Å². The number of ether oxygens (including phenoxy) is 1. The first kappa shape index (κ1) is 19.1. The Morgan fingerprint density at radius 2 is 2.07 bits per heavy atom. The summed E-state index contributed by atoms with van der Waals surface area (Å²) in [7, 11) is 0. The molecule has 3 rings (SSSR count). The van der Waals surface area contributed by atoms with Gasteiger partial charge in [0.1, 0.15) is 12.4 Å². The molecule has 0 saturated heterocycles. The molecule has 3 aromatic rings. The van der Waals surface area contributed by atoms with Crippen molar-refractivity contribution < 1.29 is 13.9 Å². The number of thiazole rings is 1. The Morgan fingerprint density at radius 3 is 2.78 bits per heavy atom. The molecule has 0 aliphatic heterocycles. The quantitative estimate of drug-likeness (QED) is 0.556. The van der Waals surface area contributed by atoms with Crippen LogP contribution in [0.15, 0.2) is 53.9 Å². The van der Waals surface area contributed by atoms with Gasteiger partial charge < -0.3 is 10.1 Å². The summed E-state index contributed by atoms with van der Waals surface area (Å²) < 4.78 is 19.5. The van der Waals surface area contributed by atoms with E-state index >= 15 is 0 Å². The van der Waals surface area contributed by atoms with Gasteiger partial charge in [-0.25, -0.2) is 9.37 Å². The molecular formula is C20H16ClFN2O2S. The Labute approximate surface area is 165 Å². The Morgan fingerprint density at radius 1 is 1.30 bits per heavy atom. The van der Waals surface area contributed by atoms with E-state index in [4.69, 9.17) is 16.3 Å². The van der Waals surface area contributed by atoms with Gasteiger partial charge in [-0.3, -0.25) is 4.79 Å². The number of amides is 1. The van der Waals surface area contributed by atoms with Gasteiger partial charge in [0.05, 0.1) is 21.4 Å². The number of carbonyl (C=O) groups excluding carboxylic acids is 1. The summed E-state index contributed by atoms with van der Waals surface area (Å²) in [6.07, 6.45) is 2.96. The van der Waals surface area contributed by atoms with Crippen molar-refractivity contribution in [2.75, 3.05) is 5.32 Å². The topological polar surface area (TPSA) is 51.2 Å². The number of rotatable bonds is 6. The smallest absolute Gasteiger partial charge is 0.248 e. The zero-order chi connectivity index (χ0) is 19.2. The van der Waals surface area contributed by atoms with Gasteiger partial charge in [0.15, 0.2) is 5.82 Å². The van der Waals surface area contributed by atoms with E-state index < -0.39 is 11.7 Å². The highest BCUT2D eigenvalue weighted by atomic mass is 35.5. The lowest BCUT2D eigenvalue weighted by atomic mass is 10.2. The number of halogens is 2. The number of nitrogens with zero attached hydrogens (tertiary/aromatic N) is 1. The summed E-state index contributed by atoms with van der Waals surface area (Å²) >= 11 is 7.28. The van der Waals surface area contributed by atoms with Crippen molar-refractivity contribution in [3.8, 4) is 5.75 Å². The molecule has 4 nitrogen and oxygen atoms in total. The Balaban J connectivity index is 1.55. The van der Waals surface area contributed by atoms with Crippen LogP contribution in [0.25, 0.3) is 6.08 Å². The predicted octanol–water partition coefficient (Wildman–Crippen LogP) is 5.47. The third kappa shape index (κ3) is 5.39. The van der Waals surface area contributed by atoms with Crippen LogP contribution in [0, 0.1) is 12.7 Å². The SMILES string of the molecule is Cc1nc(COc2ccc(/C=C/C(=O)Nc3cccc(Cl)c3F)cc2)cs1. The molecule has 0 radical (unpaired) electrons. The zero-order valence-electron chi connectivity index (χ0n) is 14.4. The molecule has 7 heteroatoms. The Hall–Kier alpha value is -2.70. The molecule has 0 atom stereocenters. The predicted molar refractivity (Wildman–Crippen MR) is 107 cm³/mol. The van der Waals surface area contributed by atoms with Crippen LogP contribution in [0.3, 0.4) is 0 Å². The monoisotopic (exact) mass is 402 g/mol. The van der Waals surface area contributed by atoms with Crippen LogP contribution in [0.5, 0.6) is 5.75 Å². The lowest BCUT2D eigenvalue weighted by molar-refractivity contribution is -0.111. The molecular weight excluding hydrogens is 387 g/mol. The number of nitrogens with one attached hydrogen (secondary N) is 1. The van der Waals surface area contributed by atoms with Gasteiger partial charge >= 0.3 is 0 Å². The van der Waals surface area contributed by atoms with Crippen LogP contribution in [0.2, 0.25) is 5.02 Å². The number of carbonyl (C=O) groups is 1. The van der Waals surface area contributed by atoms with Gasteiger partial charge in [-0.2, -0.15) is 0 Å². The molecule has 1 amide bonds.